The van der Waals surface area contributed by atoms with E-state index in [0.717, 1.165) is 10.1 Å². The lowest BCUT2D eigenvalue weighted by atomic mass is 10.2. The second-order valence-corrected chi connectivity index (χ2v) is 9.52. The SMILES string of the molecule is COC(=O)[C@H](C)Oc1c(C=Nn2c(-c3cc4c(OC)cccc4o3)nc3ccccc3c2=O)cc(Br)cc1OC. The lowest BCUT2D eigenvalue weighted by Crippen LogP contribution is -2.25. The summed E-state index contributed by atoms with van der Waals surface area (Å²) in [5.74, 6) is 1.15. The van der Waals surface area contributed by atoms with E-state index in [2.05, 4.69) is 21.0 Å². The summed E-state index contributed by atoms with van der Waals surface area (Å²) in [4.78, 5) is 30.5. The zero-order chi connectivity index (χ0) is 28.4. The van der Waals surface area contributed by atoms with E-state index < -0.39 is 17.6 Å². The molecule has 11 heteroatoms. The van der Waals surface area contributed by atoms with E-state index in [1.807, 2.05) is 12.1 Å². The number of nitrogens with zero attached hydrogens (tertiary/aromatic N) is 3. The smallest absolute Gasteiger partial charge is 0.346 e. The number of ether oxygens (including phenoxy) is 4. The highest BCUT2D eigenvalue weighted by Gasteiger charge is 2.21. The molecule has 0 amide bonds. The van der Waals surface area contributed by atoms with Gasteiger partial charge in [0.2, 0.25) is 5.82 Å². The predicted octanol–water partition coefficient (Wildman–Crippen LogP) is 5.41. The first-order chi connectivity index (χ1) is 19.3. The molecule has 0 saturated heterocycles. The molecule has 0 bridgehead atoms. The van der Waals surface area contributed by atoms with E-state index in [-0.39, 0.29) is 11.6 Å². The van der Waals surface area contributed by atoms with Crippen molar-refractivity contribution < 1.29 is 28.2 Å². The van der Waals surface area contributed by atoms with Crippen molar-refractivity contribution >= 4 is 50.0 Å². The largest absolute Gasteiger partial charge is 0.496 e. The third kappa shape index (κ3) is 5.03. The quantitative estimate of drug-likeness (QED) is 0.170. The van der Waals surface area contributed by atoms with Crippen molar-refractivity contribution in [2.75, 3.05) is 21.3 Å². The van der Waals surface area contributed by atoms with Gasteiger partial charge in [0.15, 0.2) is 23.4 Å². The van der Waals surface area contributed by atoms with Crippen molar-refractivity contribution in [1.29, 1.82) is 0 Å². The zero-order valence-electron chi connectivity index (χ0n) is 22.0. The van der Waals surface area contributed by atoms with Gasteiger partial charge in [-0.1, -0.05) is 34.1 Å². The maximum atomic E-state index is 13.7. The van der Waals surface area contributed by atoms with Crippen LogP contribution < -0.4 is 19.8 Å². The van der Waals surface area contributed by atoms with Crippen LogP contribution in [0.2, 0.25) is 0 Å². The first-order valence-electron chi connectivity index (χ1n) is 12.1. The van der Waals surface area contributed by atoms with E-state index in [4.69, 9.17) is 28.3 Å². The van der Waals surface area contributed by atoms with Gasteiger partial charge in [0.05, 0.1) is 43.8 Å². The number of benzene rings is 3. The highest BCUT2D eigenvalue weighted by atomic mass is 79.9. The van der Waals surface area contributed by atoms with Crippen LogP contribution in [0.3, 0.4) is 0 Å². The molecule has 5 rings (SSSR count). The third-order valence-electron chi connectivity index (χ3n) is 6.12. The maximum Gasteiger partial charge on any atom is 0.346 e. The second-order valence-electron chi connectivity index (χ2n) is 8.61. The second kappa shape index (κ2) is 11.2. The van der Waals surface area contributed by atoms with Crippen LogP contribution in [0, 0.1) is 0 Å². The Hall–Kier alpha value is -4.64. The molecule has 0 N–H and O–H groups in total. The monoisotopic (exact) mass is 605 g/mol. The average Bonchev–Trinajstić information content (AvgIpc) is 3.41. The summed E-state index contributed by atoms with van der Waals surface area (Å²) < 4.78 is 29.6. The molecule has 2 heterocycles. The molecule has 3 aromatic carbocycles. The Bertz CT molecular complexity index is 1830. The number of para-hydroxylation sites is 1. The van der Waals surface area contributed by atoms with Gasteiger partial charge < -0.3 is 23.4 Å². The van der Waals surface area contributed by atoms with Gasteiger partial charge in [0.1, 0.15) is 11.3 Å². The number of hydrogen-bond donors (Lipinski definition) is 0. The molecule has 0 aliphatic rings. The minimum atomic E-state index is -0.932. The van der Waals surface area contributed by atoms with E-state index in [1.54, 1.807) is 62.6 Å². The van der Waals surface area contributed by atoms with Gasteiger partial charge in [-0.05, 0) is 49.4 Å². The van der Waals surface area contributed by atoms with Crippen molar-refractivity contribution in [3.8, 4) is 28.8 Å². The average molecular weight is 606 g/mol. The van der Waals surface area contributed by atoms with Gasteiger partial charge in [-0.3, -0.25) is 4.79 Å². The first kappa shape index (κ1) is 26.9. The highest BCUT2D eigenvalue weighted by Crippen LogP contribution is 2.36. The molecule has 1 atom stereocenters. The Kier molecular flexibility index (Phi) is 7.56. The van der Waals surface area contributed by atoms with Crippen molar-refractivity contribution in [2.45, 2.75) is 13.0 Å². The highest BCUT2D eigenvalue weighted by molar-refractivity contribution is 9.10. The molecule has 204 valence electrons. The molecule has 0 unspecified atom stereocenters. The minimum Gasteiger partial charge on any atom is -0.496 e. The fourth-order valence-corrected chi connectivity index (χ4v) is 4.64. The molecule has 0 aliphatic carbocycles. The molecular weight excluding hydrogens is 582 g/mol. The number of halogens is 1. The van der Waals surface area contributed by atoms with Crippen molar-refractivity contribution in [3.05, 3.63) is 81.1 Å². The summed E-state index contributed by atoms with van der Waals surface area (Å²) in [5, 5.41) is 5.62. The molecule has 2 aromatic heterocycles. The number of aromatic nitrogens is 2. The molecule has 0 saturated carbocycles. The van der Waals surface area contributed by atoms with Gasteiger partial charge in [0, 0.05) is 10.0 Å². The number of esters is 1. The Labute approximate surface area is 236 Å². The molecule has 0 spiro atoms. The van der Waals surface area contributed by atoms with Crippen LogP contribution in [0.5, 0.6) is 17.2 Å². The fraction of sp³-hybridized carbons (Fsp3) is 0.172. The Balaban J connectivity index is 1.70. The van der Waals surface area contributed by atoms with Gasteiger partial charge >= 0.3 is 5.97 Å². The maximum absolute atomic E-state index is 13.7. The summed E-state index contributed by atoms with van der Waals surface area (Å²) in [6.45, 7) is 1.56. The van der Waals surface area contributed by atoms with Gasteiger partial charge in [0.25, 0.3) is 5.56 Å². The lowest BCUT2D eigenvalue weighted by molar-refractivity contribution is -0.147. The van der Waals surface area contributed by atoms with E-state index in [1.165, 1.54) is 20.4 Å². The van der Waals surface area contributed by atoms with Crippen LogP contribution in [0.4, 0.5) is 0 Å². The van der Waals surface area contributed by atoms with Gasteiger partial charge in [-0.15, -0.1) is 0 Å². The predicted molar refractivity (Wildman–Crippen MR) is 154 cm³/mol. The minimum absolute atomic E-state index is 0.186. The van der Waals surface area contributed by atoms with E-state index >= 15 is 0 Å². The van der Waals surface area contributed by atoms with Crippen molar-refractivity contribution in [3.63, 3.8) is 0 Å². The fourth-order valence-electron chi connectivity index (χ4n) is 4.19. The molecule has 0 aliphatic heterocycles. The van der Waals surface area contributed by atoms with Crippen LogP contribution in [-0.4, -0.2) is 49.3 Å². The Morgan fingerprint density at radius 3 is 2.55 bits per heavy atom. The number of carbonyl (C=O) groups excluding carboxylic acids is 1. The van der Waals surface area contributed by atoms with Crippen molar-refractivity contribution in [1.82, 2.24) is 9.66 Å². The van der Waals surface area contributed by atoms with Crippen LogP contribution in [0.25, 0.3) is 33.5 Å². The molecule has 5 aromatic rings. The number of furan rings is 1. The van der Waals surface area contributed by atoms with Crippen LogP contribution in [0.1, 0.15) is 12.5 Å². The zero-order valence-corrected chi connectivity index (χ0v) is 23.6. The number of rotatable bonds is 8. The molecule has 0 radical (unpaired) electrons. The van der Waals surface area contributed by atoms with Crippen molar-refractivity contribution in [2.24, 2.45) is 5.10 Å². The van der Waals surface area contributed by atoms with Crippen LogP contribution >= 0.6 is 15.9 Å². The van der Waals surface area contributed by atoms with E-state index in [9.17, 15) is 9.59 Å². The standard InChI is InChI=1S/C29H24BrN3O7/c1-16(29(35)38-4)39-26-17(12-18(30)13-24(26)37-3)15-31-33-27(32-21-9-6-5-8-19(21)28(33)34)25-14-20-22(36-2)10-7-11-23(20)40-25/h5-16H,1-4H3/t16-/m0/s1. The van der Waals surface area contributed by atoms with Crippen LogP contribution in [-0.2, 0) is 9.53 Å². The molecule has 10 nitrogen and oxygen atoms in total. The number of methoxy groups -OCH3 is 3. The Morgan fingerprint density at radius 2 is 1.80 bits per heavy atom. The third-order valence-corrected chi connectivity index (χ3v) is 6.58. The summed E-state index contributed by atoms with van der Waals surface area (Å²) in [7, 11) is 4.32. The first-order valence-corrected chi connectivity index (χ1v) is 12.9. The summed E-state index contributed by atoms with van der Waals surface area (Å²) in [6, 6.07) is 17.6. The molecular formula is C29H24BrN3O7. The van der Waals surface area contributed by atoms with Gasteiger partial charge in [-0.2, -0.15) is 9.78 Å². The Morgan fingerprint density at radius 1 is 1.02 bits per heavy atom. The number of hydrogen-bond acceptors (Lipinski definition) is 9. The van der Waals surface area contributed by atoms with Gasteiger partial charge in [-0.25, -0.2) is 9.78 Å². The topological polar surface area (TPSA) is 114 Å². The van der Waals surface area contributed by atoms with E-state index in [0.29, 0.717) is 43.8 Å². The van der Waals surface area contributed by atoms with Crippen LogP contribution in [0.15, 0.2) is 79.4 Å². The number of fused-ring (bicyclic) bond motifs is 2. The summed E-state index contributed by atoms with van der Waals surface area (Å²) in [5.41, 5.74) is 1.08. The summed E-state index contributed by atoms with van der Waals surface area (Å²) >= 11 is 3.46. The summed E-state index contributed by atoms with van der Waals surface area (Å²) in [6.07, 6.45) is 0.496. The normalized spacial score (nSPS) is 12.1. The lowest BCUT2D eigenvalue weighted by Gasteiger charge is -2.17. The molecule has 40 heavy (non-hydrogen) atoms. The number of carbonyl (C=O) groups is 1. The molecule has 0 fully saturated rings.